The van der Waals surface area contributed by atoms with Crippen LogP contribution in [0.2, 0.25) is 0 Å². The van der Waals surface area contributed by atoms with Gasteiger partial charge >= 0.3 is 5.69 Å². The molecule has 0 saturated carbocycles. The van der Waals surface area contributed by atoms with Gasteiger partial charge in [0.2, 0.25) is 0 Å². The summed E-state index contributed by atoms with van der Waals surface area (Å²) in [7, 11) is 0. The van der Waals surface area contributed by atoms with E-state index in [0.717, 1.165) is 11.4 Å². The fourth-order valence-electron chi connectivity index (χ4n) is 2.31. The lowest BCUT2D eigenvalue weighted by molar-refractivity contribution is -0.386. The van der Waals surface area contributed by atoms with Crippen molar-refractivity contribution >= 4 is 18.3 Å². The number of rotatable bonds is 6. The zero-order valence-electron chi connectivity index (χ0n) is 13.0. The minimum Gasteiger partial charge on any atom is -0.262 e. The molecule has 0 aromatic carbocycles. The molecule has 0 bridgehead atoms. The lowest BCUT2D eigenvalue weighted by Gasteiger charge is -2.29. The molecule has 1 rings (SSSR count). The molecule has 0 spiro atoms. The smallest absolute Gasteiger partial charge is 0.262 e. The maximum Gasteiger partial charge on any atom is 0.313 e. The van der Waals surface area contributed by atoms with Gasteiger partial charge in [0.15, 0.2) is 0 Å². The van der Waals surface area contributed by atoms with Crippen molar-refractivity contribution in [1.82, 2.24) is 9.78 Å². The number of hydrogen-bond acceptors (Lipinski definition) is 4. The molecular formula is C14H25N3O2S. The molecule has 1 unspecified atom stereocenters. The molecule has 0 amide bonds. The van der Waals surface area contributed by atoms with E-state index in [-0.39, 0.29) is 16.0 Å². The second kappa shape index (κ2) is 6.61. The predicted octanol–water partition coefficient (Wildman–Crippen LogP) is 3.51. The minimum absolute atomic E-state index is 0.0971. The summed E-state index contributed by atoms with van der Waals surface area (Å²) < 4.78 is 1.82. The monoisotopic (exact) mass is 299 g/mol. The Kier molecular flexibility index (Phi) is 5.62. The Morgan fingerprint density at radius 1 is 1.35 bits per heavy atom. The van der Waals surface area contributed by atoms with Crippen molar-refractivity contribution < 1.29 is 4.92 Å². The Balaban J connectivity index is 3.22. The summed E-state index contributed by atoms with van der Waals surface area (Å²) >= 11 is 4.42. The molecule has 114 valence electrons. The third-order valence-corrected chi connectivity index (χ3v) is 4.23. The molecule has 1 aromatic heterocycles. The third kappa shape index (κ3) is 3.53. The highest BCUT2D eigenvalue weighted by Gasteiger charge is 2.29. The van der Waals surface area contributed by atoms with Crippen LogP contribution in [0.5, 0.6) is 0 Å². The van der Waals surface area contributed by atoms with Crippen molar-refractivity contribution in [3.8, 4) is 0 Å². The maximum absolute atomic E-state index is 11.3. The summed E-state index contributed by atoms with van der Waals surface area (Å²) in [5, 5.41) is 15.7. The number of nitro groups is 1. The first-order chi connectivity index (χ1) is 9.26. The molecule has 0 aliphatic heterocycles. The molecule has 0 fully saturated rings. The van der Waals surface area contributed by atoms with Gasteiger partial charge in [-0.25, -0.2) is 0 Å². The van der Waals surface area contributed by atoms with Crippen LogP contribution in [0, 0.1) is 21.4 Å². The van der Waals surface area contributed by atoms with E-state index >= 15 is 0 Å². The van der Waals surface area contributed by atoms with Crippen LogP contribution in [0.25, 0.3) is 0 Å². The van der Waals surface area contributed by atoms with Gasteiger partial charge in [-0.3, -0.25) is 14.8 Å². The normalized spacial score (nSPS) is 13.5. The van der Waals surface area contributed by atoms with Gasteiger partial charge in [-0.2, -0.15) is 17.7 Å². The molecule has 1 aromatic rings. The number of aryl methyl sites for hydroxylation is 1. The largest absolute Gasteiger partial charge is 0.313 e. The van der Waals surface area contributed by atoms with Crippen molar-refractivity contribution in [2.45, 2.75) is 54.0 Å². The second-order valence-corrected chi connectivity index (χ2v) is 6.50. The van der Waals surface area contributed by atoms with Gasteiger partial charge in [0.05, 0.1) is 4.92 Å². The van der Waals surface area contributed by atoms with Gasteiger partial charge in [-0.1, -0.05) is 34.6 Å². The summed E-state index contributed by atoms with van der Waals surface area (Å²) in [5.74, 6) is 1.06. The molecule has 1 heterocycles. The summed E-state index contributed by atoms with van der Waals surface area (Å²) in [6.45, 7) is 11.0. The van der Waals surface area contributed by atoms with E-state index in [4.69, 9.17) is 0 Å². The van der Waals surface area contributed by atoms with Gasteiger partial charge < -0.3 is 0 Å². The molecule has 6 heteroatoms. The van der Waals surface area contributed by atoms with E-state index < -0.39 is 0 Å². The van der Waals surface area contributed by atoms with Crippen LogP contribution >= 0.6 is 12.6 Å². The summed E-state index contributed by atoms with van der Waals surface area (Å²) in [5.41, 5.74) is 1.60. The zero-order chi connectivity index (χ0) is 15.5. The summed E-state index contributed by atoms with van der Waals surface area (Å²) in [6, 6.07) is 0. The van der Waals surface area contributed by atoms with E-state index in [0.29, 0.717) is 31.0 Å². The van der Waals surface area contributed by atoms with E-state index in [9.17, 15) is 10.1 Å². The lowest BCUT2D eigenvalue weighted by Crippen LogP contribution is -2.28. The van der Waals surface area contributed by atoms with Gasteiger partial charge in [-0.15, -0.1) is 0 Å². The fourth-order valence-corrected chi connectivity index (χ4v) is 2.97. The van der Waals surface area contributed by atoms with Crippen LogP contribution in [-0.4, -0.2) is 20.5 Å². The van der Waals surface area contributed by atoms with E-state index in [2.05, 4.69) is 38.5 Å². The van der Waals surface area contributed by atoms with Gasteiger partial charge in [0.25, 0.3) is 0 Å². The standard InChI is InChI=1S/C14H25N3O2S/c1-6-11-13(17(18)19)12(7-2)16(15-11)8-10(9-20)14(3,4)5/h10,20H,6-9H2,1-5H3. The zero-order valence-corrected chi connectivity index (χ0v) is 13.9. The number of nitrogens with zero attached hydrogens (tertiary/aromatic N) is 3. The van der Waals surface area contributed by atoms with Gasteiger partial charge in [0.1, 0.15) is 11.4 Å². The number of hydrogen-bond donors (Lipinski definition) is 1. The van der Waals surface area contributed by atoms with E-state index in [1.807, 2.05) is 18.5 Å². The Morgan fingerprint density at radius 2 is 1.95 bits per heavy atom. The van der Waals surface area contributed by atoms with Crippen molar-refractivity contribution in [3.63, 3.8) is 0 Å². The van der Waals surface area contributed by atoms with Crippen LogP contribution in [0.3, 0.4) is 0 Å². The lowest BCUT2D eigenvalue weighted by atomic mass is 9.82. The Bertz CT molecular complexity index is 477. The number of aromatic nitrogens is 2. The first-order valence-electron chi connectivity index (χ1n) is 7.09. The van der Waals surface area contributed by atoms with Crippen molar-refractivity contribution in [1.29, 1.82) is 0 Å². The quantitative estimate of drug-likeness (QED) is 0.497. The van der Waals surface area contributed by atoms with Crippen molar-refractivity contribution in [2.24, 2.45) is 11.3 Å². The maximum atomic E-state index is 11.3. The van der Waals surface area contributed by atoms with E-state index in [1.54, 1.807) is 0 Å². The number of thiol groups is 1. The fraction of sp³-hybridized carbons (Fsp3) is 0.786. The molecule has 1 atom stereocenters. The molecular weight excluding hydrogens is 274 g/mol. The molecule has 0 N–H and O–H groups in total. The van der Waals surface area contributed by atoms with Crippen molar-refractivity contribution in [3.05, 3.63) is 21.5 Å². The minimum atomic E-state index is -0.298. The van der Waals surface area contributed by atoms with Crippen LogP contribution in [0.15, 0.2) is 0 Å². The van der Waals surface area contributed by atoms with Crippen LogP contribution in [0.4, 0.5) is 5.69 Å². The highest BCUT2D eigenvalue weighted by molar-refractivity contribution is 7.80. The Morgan fingerprint density at radius 3 is 2.30 bits per heavy atom. The molecule has 0 aliphatic rings. The summed E-state index contributed by atoms with van der Waals surface area (Å²) in [4.78, 5) is 11.0. The van der Waals surface area contributed by atoms with E-state index in [1.165, 1.54) is 0 Å². The highest BCUT2D eigenvalue weighted by atomic mass is 32.1. The Hall–Kier alpha value is -1.04. The second-order valence-electron chi connectivity index (χ2n) is 6.13. The van der Waals surface area contributed by atoms with Gasteiger partial charge in [0, 0.05) is 6.54 Å². The Labute approximate surface area is 126 Å². The van der Waals surface area contributed by atoms with Crippen molar-refractivity contribution in [2.75, 3.05) is 5.75 Å². The van der Waals surface area contributed by atoms with Crippen LogP contribution < -0.4 is 0 Å². The predicted molar refractivity (Wildman–Crippen MR) is 84.4 cm³/mol. The molecule has 5 nitrogen and oxygen atoms in total. The highest BCUT2D eigenvalue weighted by Crippen LogP contribution is 2.31. The van der Waals surface area contributed by atoms with Crippen LogP contribution in [-0.2, 0) is 19.4 Å². The first-order valence-corrected chi connectivity index (χ1v) is 7.73. The molecule has 0 aliphatic carbocycles. The summed E-state index contributed by atoms with van der Waals surface area (Å²) in [6.07, 6.45) is 1.20. The first kappa shape index (κ1) is 17.0. The van der Waals surface area contributed by atoms with Crippen LogP contribution in [0.1, 0.15) is 46.0 Å². The average molecular weight is 299 g/mol. The molecule has 0 saturated heterocycles. The molecule has 20 heavy (non-hydrogen) atoms. The third-order valence-electron chi connectivity index (χ3n) is 3.79. The molecule has 0 radical (unpaired) electrons. The topological polar surface area (TPSA) is 61.0 Å². The SMILES string of the molecule is CCc1nn(CC(CS)C(C)(C)C)c(CC)c1[N+](=O)[O-]. The average Bonchev–Trinajstić information content (AvgIpc) is 2.71. The van der Waals surface area contributed by atoms with Gasteiger partial charge in [-0.05, 0) is 29.9 Å².